The van der Waals surface area contributed by atoms with Crippen LogP contribution in [0.1, 0.15) is 23.5 Å². The molecule has 0 saturated carbocycles. The molecule has 2 aromatic rings. The maximum atomic E-state index is 11.9. The van der Waals surface area contributed by atoms with Gasteiger partial charge in [0.2, 0.25) is 5.91 Å². The molecule has 0 radical (unpaired) electrons. The van der Waals surface area contributed by atoms with Crippen molar-refractivity contribution in [3.63, 3.8) is 0 Å². The molecule has 2 rings (SSSR count). The number of hydrogen-bond acceptors (Lipinski definition) is 6. The van der Waals surface area contributed by atoms with Crippen LogP contribution in [0.4, 0.5) is 10.5 Å². The number of benzene rings is 1. The van der Waals surface area contributed by atoms with Crippen LogP contribution in [-0.2, 0) is 9.53 Å². The molecule has 3 N–H and O–H groups in total. The minimum atomic E-state index is -0.758. The van der Waals surface area contributed by atoms with Gasteiger partial charge in [-0.15, -0.1) is 0 Å². The standard InChI is InChI=1S/C15H18N4O5/c1-19(15(22)23-2)7-3-4-12(20)17-9-5-6-11-10(8-9)18-14(24-11)13(16)21/h5-6,8H,3-4,7H2,1-2H3,(H2,16,21)(H,17,20). The number of hydrogen-bond donors (Lipinski definition) is 2. The first-order valence-corrected chi connectivity index (χ1v) is 7.20. The second-order valence-corrected chi connectivity index (χ2v) is 5.11. The summed E-state index contributed by atoms with van der Waals surface area (Å²) >= 11 is 0. The second kappa shape index (κ2) is 7.44. The fourth-order valence-corrected chi connectivity index (χ4v) is 2.06. The van der Waals surface area contributed by atoms with Gasteiger partial charge in [-0.2, -0.15) is 0 Å². The summed E-state index contributed by atoms with van der Waals surface area (Å²) in [5.74, 6) is -1.14. The molecular weight excluding hydrogens is 316 g/mol. The smallest absolute Gasteiger partial charge is 0.409 e. The molecule has 3 amide bonds. The van der Waals surface area contributed by atoms with Crippen molar-refractivity contribution in [1.82, 2.24) is 9.88 Å². The zero-order valence-electron chi connectivity index (χ0n) is 13.4. The highest BCUT2D eigenvalue weighted by atomic mass is 16.5. The van der Waals surface area contributed by atoms with Gasteiger partial charge in [-0.1, -0.05) is 0 Å². The first kappa shape index (κ1) is 17.3. The third-order valence-corrected chi connectivity index (χ3v) is 3.27. The van der Waals surface area contributed by atoms with E-state index in [0.29, 0.717) is 29.8 Å². The van der Waals surface area contributed by atoms with Crippen LogP contribution in [0.25, 0.3) is 11.1 Å². The van der Waals surface area contributed by atoms with Gasteiger partial charge in [-0.3, -0.25) is 9.59 Å². The summed E-state index contributed by atoms with van der Waals surface area (Å²) < 4.78 is 9.73. The van der Waals surface area contributed by atoms with Gasteiger partial charge in [-0.05, 0) is 24.6 Å². The van der Waals surface area contributed by atoms with E-state index in [1.54, 1.807) is 25.2 Å². The number of anilines is 1. The number of oxazole rings is 1. The molecule has 9 nitrogen and oxygen atoms in total. The van der Waals surface area contributed by atoms with Gasteiger partial charge in [0.15, 0.2) is 5.58 Å². The van der Waals surface area contributed by atoms with E-state index in [-0.39, 0.29) is 18.2 Å². The Balaban J connectivity index is 1.90. The Kier molecular flexibility index (Phi) is 5.35. The first-order chi connectivity index (χ1) is 11.4. The van der Waals surface area contributed by atoms with Gasteiger partial charge in [0.05, 0.1) is 7.11 Å². The topological polar surface area (TPSA) is 128 Å². The molecule has 9 heteroatoms. The number of carbonyl (C=O) groups excluding carboxylic acids is 3. The summed E-state index contributed by atoms with van der Waals surface area (Å²) in [5, 5.41) is 2.72. The summed E-state index contributed by atoms with van der Waals surface area (Å²) in [7, 11) is 2.90. The Bertz CT molecular complexity index is 770. The van der Waals surface area contributed by atoms with Crippen molar-refractivity contribution in [2.45, 2.75) is 12.8 Å². The number of primary amides is 1. The number of carbonyl (C=O) groups is 3. The van der Waals surface area contributed by atoms with Crippen molar-refractivity contribution in [1.29, 1.82) is 0 Å². The highest BCUT2D eigenvalue weighted by Gasteiger charge is 2.12. The van der Waals surface area contributed by atoms with Gasteiger partial charge in [0, 0.05) is 25.7 Å². The van der Waals surface area contributed by atoms with E-state index in [9.17, 15) is 14.4 Å². The lowest BCUT2D eigenvalue weighted by molar-refractivity contribution is -0.116. The number of ether oxygens (including phenoxy) is 1. The summed E-state index contributed by atoms with van der Waals surface area (Å²) in [6.45, 7) is 0.407. The second-order valence-electron chi connectivity index (χ2n) is 5.11. The zero-order valence-corrected chi connectivity index (χ0v) is 13.4. The number of aromatic nitrogens is 1. The van der Waals surface area contributed by atoms with Crippen molar-refractivity contribution in [2.75, 3.05) is 26.0 Å². The van der Waals surface area contributed by atoms with Crippen LogP contribution < -0.4 is 11.1 Å². The number of nitrogens with one attached hydrogen (secondary N) is 1. The van der Waals surface area contributed by atoms with Crippen LogP contribution in [0.5, 0.6) is 0 Å². The monoisotopic (exact) mass is 334 g/mol. The van der Waals surface area contributed by atoms with E-state index in [1.165, 1.54) is 12.0 Å². The van der Waals surface area contributed by atoms with Crippen LogP contribution in [0.3, 0.4) is 0 Å². The lowest BCUT2D eigenvalue weighted by atomic mass is 10.2. The third kappa shape index (κ3) is 4.22. The summed E-state index contributed by atoms with van der Waals surface area (Å²) in [5.41, 5.74) is 6.46. The largest absolute Gasteiger partial charge is 0.453 e. The van der Waals surface area contributed by atoms with Crippen LogP contribution >= 0.6 is 0 Å². The zero-order chi connectivity index (χ0) is 17.7. The lowest BCUT2D eigenvalue weighted by Crippen LogP contribution is -2.28. The Labute approximate surface area is 137 Å². The van der Waals surface area contributed by atoms with E-state index in [2.05, 4.69) is 15.0 Å². The Morgan fingerprint density at radius 1 is 1.38 bits per heavy atom. The quantitative estimate of drug-likeness (QED) is 0.820. The number of nitrogens with two attached hydrogens (primary N) is 1. The molecule has 128 valence electrons. The minimum absolute atomic E-state index is 0.181. The Hall–Kier alpha value is -3.10. The molecule has 0 aliphatic heterocycles. The highest BCUT2D eigenvalue weighted by Crippen LogP contribution is 2.20. The molecule has 1 aromatic heterocycles. The summed E-state index contributed by atoms with van der Waals surface area (Å²) in [6, 6.07) is 4.82. The summed E-state index contributed by atoms with van der Waals surface area (Å²) in [4.78, 5) is 39.5. The van der Waals surface area contributed by atoms with Crippen LogP contribution in [0.15, 0.2) is 22.6 Å². The fourth-order valence-electron chi connectivity index (χ4n) is 2.06. The van der Waals surface area contributed by atoms with Crippen molar-refractivity contribution in [3.05, 3.63) is 24.1 Å². The number of rotatable bonds is 6. The predicted molar refractivity (Wildman–Crippen MR) is 85.4 cm³/mol. The van der Waals surface area contributed by atoms with Crippen molar-refractivity contribution >= 4 is 34.7 Å². The Morgan fingerprint density at radius 2 is 2.12 bits per heavy atom. The molecule has 0 aliphatic rings. The molecule has 0 atom stereocenters. The number of nitrogens with zero attached hydrogens (tertiary/aromatic N) is 2. The average Bonchev–Trinajstić information content (AvgIpc) is 2.97. The number of fused-ring (bicyclic) bond motifs is 1. The van der Waals surface area contributed by atoms with E-state index in [1.807, 2.05) is 0 Å². The van der Waals surface area contributed by atoms with Gasteiger partial charge in [0.1, 0.15) is 5.52 Å². The third-order valence-electron chi connectivity index (χ3n) is 3.27. The van der Waals surface area contributed by atoms with Crippen LogP contribution in [0.2, 0.25) is 0 Å². The molecule has 0 fully saturated rings. The van der Waals surface area contributed by atoms with Gasteiger partial charge in [0.25, 0.3) is 5.89 Å². The van der Waals surface area contributed by atoms with E-state index in [0.717, 1.165) is 0 Å². The highest BCUT2D eigenvalue weighted by molar-refractivity contribution is 5.94. The van der Waals surface area contributed by atoms with Gasteiger partial charge in [-0.25, -0.2) is 9.78 Å². The molecule has 0 spiro atoms. The lowest BCUT2D eigenvalue weighted by Gasteiger charge is -2.14. The van der Waals surface area contributed by atoms with Crippen molar-refractivity contribution in [2.24, 2.45) is 5.73 Å². The maximum Gasteiger partial charge on any atom is 0.409 e. The average molecular weight is 334 g/mol. The first-order valence-electron chi connectivity index (χ1n) is 7.20. The predicted octanol–water partition coefficient (Wildman–Crippen LogP) is 1.34. The van der Waals surface area contributed by atoms with E-state index >= 15 is 0 Å². The van der Waals surface area contributed by atoms with E-state index < -0.39 is 12.0 Å². The van der Waals surface area contributed by atoms with E-state index in [4.69, 9.17) is 10.2 Å². The number of methoxy groups -OCH3 is 1. The molecule has 0 unspecified atom stereocenters. The molecule has 0 aliphatic carbocycles. The molecule has 0 saturated heterocycles. The molecular formula is C15H18N4O5. The molecule has 0 bridgehead atoms. The molecule has 1 aromatic carbocycles. The van der Waals surface area contributed by atoms with Crippen LogP contribution in [0, 0.1) is 0 Å². The Morgan fingerprint density at radius 3 is 2.79 bits per heavy atom. The number of amides is 3. The van der Waals surface area contributed by atoms with Gasteiger partial charge < -0.3 is 25.1 Å². The van der Waals surface area contributed by atoms with Gasteiger partial charge >= 0.3 is 12.0 Å². The van der Waals surface area contributed by atoms with Crippen molar-refractivity contribution < 1.29 is 23.5 Å². The summed E-state index contributed by atoms with van der Waals surface area (Å²) in [6.07, 6.45) is 0.289. The molecule has 24 heavy (non-hydrogen) atoms. The maximum absolute atomic E-state index is 11.9. The van der Waals surface area contributed by atoms with Crippen LogP contribution in [-0.4, -0.2) is 48.5 Å². The minimum Gasteiger partial charge on any atom is -0.453 e. The van der Waals surface area contributed by atoms with Crippen molar-refractivity contribution in [3.8, 4) is 0 Å². The normalized spacial score (nSPS) is 10.4. The fraction of sp³-hybridized carbons (Fsp3) is 0.333. The molecule has 1 heterocycles. The SMILES string of the molecule is COC(=O)N(C)CCCC(=O)Nc1ccc2oc(C(N)=O)nc2c1.